The molecule has 0 aromatic carbocycles. The molecule has 0 aromatic rings. The monoisotopic (exact) mass is 141 g/mol. The highest BCUT2D eigenvalue weighted by atomic mass is 16.1. The van der Waals surface area contributed by atoms with Crippen molar-refractivity contribution in [3.8, 4) is 0 Å². The van der Waals surface area contributed by atoms with Crippen LogP contribution < -0.4 is 11.1 Å². The van der Waals surface area contributed by atoms with Crippen molar-refractivity contribution in [2.24, 2.45) is 5.73 Å². The minimum atomic E-state index is -0.557. The lowest BCUT2D eigenvalue weighted by atomic mass is 9.90. The summed E-state index contributed by atoms with van der Waals surface area (Å²) in [5.74, 6) is -0.285. The largest absolute Gasteiger partial charge is 0.368 e. The standard InChI is InChI=1S/C7H13N2O/c1-7(6(8)10)4-2-3-5-9-7/h2-5H2,1H3,(H2,8,10). The first-order chi connectivity index (χ1) is 4.65. The van der Waals surface area contributed by atoms with Crippen LogP contribution in [0.4, 0.5) is 0 Å². The number of hydrogen-bond acceptors (Lipinski definition) is 1. The molecule has 1 heterocycles. The van der Waals surface area contributed by atoms with Crippen molar-refractivity contribution < 1.29 is 4.79 Å². The highest BCUT2D eigenvalue weighted by Gasteiger charge is 2.33. The van der Waals surface area contributed by atoms with Gasteiger partial charge in [-0.1, -0.05) is 0 Å². The number of carbonyl (C=O) groups is 1. The molecular weight excluding hydrogens is 128 g/mol. The van der Waals surface area contributed by atoms with Gasteiger partial charge < -0.3 is 5.73 Å². The molecule has 1 radical (unpaired) electrons. The molecule has 0 aliphatic carbocycles. The van der Waals surface area contributed by atoms with Crippen LogP contribution >= 0.6 is 0 Å². The van der Waals surface area contributed by atoms with Crippen molar-refractivity contribution >= 4 is 5.91 Å². The van der Waals surface area contributed by atoms with Gasteiger partial charge in [-0.15, -0.1) is 0 Å². The maximum absolute atomic E-state index is 10.8. The highest BCUT2D eigenvalue weighted by Crippen LogP contribution is 2.19. The lowest BCUT2D eigenvalue weighted by Crippen LogP contribution is -2.51. The Morgan fingerprint density at radius 2 is 2.30 bits per heavy atom. The summed E-state index contributed by atoms with van der Waals surface area (Å²) in [6, 6.07) is 0. The second kappa shape index (κ2) is 2.58. The predicted molar refractivity (Wildman–Crippen MR) is 38.5 cm³/mol. The summed E-state index contributed by atoms with van der Waals surface area (Å²) in [5.41, 5.74) is 4.61. The molecule has 3 heteroatoms. The summed E-state index contributed by atoms with van der Waals surface area (Å²) in [6.45, 7) is 2.61. The van der Waals surface area contributed by atoms with E-state index in [1.807, 2.05) is 6.92 Å². The van der Waals surface area contributed by atoms with E-state index in [2.05, 4.69) is 5.32 Å². The van der Waals surface area contributed by atoms with Crippen LogP contribution in [-0.2, 0) is 4.79 Å². The van der Waals surface area contributed by atoms with Crippen molar-refractivity contribution in [2.45, 2.75) is 31.7 Å². The number of nitrogens with zero attached hydrogens (tertiary/aromatic N) is 1. The molecule has 1 fully saturated rings. The van der Waals surface area contributed by atoms with Gasteiger partial charge in [-0.3, -0.25) is 4.79 Å². The topological polar surface area (TPSA) is 57.2 Å². The van der Waals surface area contributed by atoms with Gasteiger partial charge in [0, 0.05) is 6.54 Å². The van der Waals surface area contributed by atoms with E-state index in [-0.39, 0.29) is 5.91 Å². The van der Waals surface area contributed by atoms with E-state index >= 15 is 0 Å². The van der Waals surface area contributed by atoms with Crippen LogP contribution in [0.1, 0.15) is 26.2 Å². The molecule has 1 atom stereocenters. The van der Waals surface area contributed by atoms with Gasteiger partial charge in [-0.2, -0.15) is 0 Å². The van der Waals surface area contributed by atoms with E-state index in [1.165, 1.54) is 0 Å². The van der Waals surface area contributed by atoms with Crippen LogP contribution in [0.25, 0.3) is 0 Å². The molecule has 3 nitrogen and oxygen atoms in total. The van der Waals surface area contributed by atoms with Crippen molar-refractivity contribution in [3.05, 3.63) is 0 Å². The minimum absolute atomic E-state index is 0.285. The molecule has 1 aliphatic rings. The molecule has 0 bridgehead atoms. The van der Waals surface area contributed by atoms with Gasteiger partial charge in [0.1, 0.15) is 5.54 Å². The van der Waals surface area contributed by atoms with Gasteiger partial charge in [0.15, 0.2) is 0 Å². The molecule has 0 saturated carbocycles. The van der Waals surface area contributed by atoms with Crippen LogP contribution in [0.5, 0.6) is 0 Å². The first kappa shape index (κ1) is 7.54. The number of piperidine rings is 1. The Kier molecular flexibility index (Phi) is 1.94. The van der Waals surface area contributed by atoms with E-state index in [9.17, 15) is 4.79 Å². The van der Waals surface area contributed by atoms with Gasteiger partial charge in [-0.05, 0) is 26.2 Å². The van der Waals surface area contributed by atoms with E-state index in [4.69, 9.17) is 5.73 Å². The molecule has 1 unspecified atom stereocenters. The summed E-state index contributed by atoms with van der Waals surface area (Å²) in [7, 11) is 0. The van der Waals surface area contributed by atoms with Crippen molar-refractivity contribution in [3.63, 3.8) is 0 Å². The summed E-state index contributed by atoms with van der Waals surface area (Å²) in [4.78, 5) is 10.8. The van der Waals surface area contributed by atoms with E-state index in [0.717, 1.165) is 25.8 Å². The summed E-state index contributed by atoms with van der Waals surface area (Å²) >= 11 is 0. The fourth-order valence-corrected chi connectivity index (χ4v) is 1.19. The zero-order valence-corrected chi connectivity index (χ0v) is 6.26. The quantitative estimate of drug-likeness (QED) is 0.549. The Morgan fingerprint density at radius 1 is 1.60 bits per heavy atom. The highest BCUT2D eigenvalue weighted by molar-refractivity contribution is 5.84. The molecule has 1 rings (SSSR count). The van der Waals surface area contributed by atoms with E-state index in [1.54, 1.807) is 0 Å². The lowest BCUT2D eigenvalue weighted by Gasteiger charge is -2.29. The fourth-order valence-electron chi connectivity index (χ4n) is 1.19. The number of primary amides is 1. The average molecular weight is 141 g/mol. The Balaban J connectivity index is 2.56. The van der Waals surface area contributed by atoms with Crippen molar-refractivity contribution in [1.82, 2.24) is 5.32 Å². The third-order valence-corrected chi connectivity index (χ3v) is 2.06. The molecule has 2 N–H and O–H groups in total. The zero-order valence-electron chi connectivity index (χ0n) is 6.26. The molecule has 1 saturated heterocycles. The number of nitrogens with two attached hydrogens (primary N) is 1. The average Bonchev–Trinajstić information content (AvgIpc) is 1.89. The lowest BCUT2D eigenvalue weighted by molar-refractivity contribution is -0.124. The first-order valence-electron chi connectivity index (χ1n) is 3.64. The molecule has 0 spiro atoms. The SMILES string of the molecule is CC1(C(N)=O)CCCC[N]1. The second-order valence-corrected chi connectivity index (χ2v) is 2.98. The molecule has 10 heavy (non-hydrogen) atoms. The van der Waals surface area contributed by atoms with Crippen LogP contribution in [0.3, 0.4) is 0 Å². The number of amides is 1. The first-order valence-corrected chi connectivity index (χ1v) is 3.64. The van der Waals surface area contributed by atoms with Crippen molar-refractivity contribution in [1.29, 1.82) is 0 Å². The Labute approximate surface area is 61.0 Å². The molecule has 1 aliphatic heterocycles. The Hall–Kier alpha value is -0.570. The third-order valence-electron chi connectivity index (χ3n) is 2.06. The number of carbonyl (C=O) groups excluding carboxylic acids is 1. The van der Waals surface area contributed by atoms with Gasteiger partial charge in [0.2, 0.25) is 5.91 Å². The maximum atomic E-state index is 10.8. The smallest absolute Gasteiger partial charge is 0.239 e. The summed E-state index contributed by atoms with van der Waals surface area (Å²) in [5, 5.41) is 4.19. The molecule has 0 aromatic heterocycles. The van der Waals surface area contributed by atoms with Gasteiger partial charge in [-0.25, -0.2) is 5.32 Å². The Bertz CT molecular complexity index is 139. The predicted octanol–water partition coefficient (Wildman–Crippen LogP) is 0.0187. The van der Waals surface area contributed by atoms with Crippen molar-refractivity contribution in [2.75, 3.05) is 6.54 Å². The van der Waals surface area contributed by atoms with Gasteiger partial charge in [0.25, 0.3) is 0 Å². The second-order valence-electron chi connectivity index (χ2n) is 2.98. The number of hydrogen-bond donors (Lipinski definition) is 1. The van der Waals surface area contributed by atoms with Crippen LogP contribution in [0, 0.1) is 0 Å². The van der Waals surface area contributed by atoms with Crippen LogP contribution in [-0.4, -0.2) is 18.0 Å². The minimum Gasteiger partial charge on any atom is -0.368 e. The molecule has 1 amide bonds. The molecular formula is C7H13N2O. The fraction of sp³-hybridized carbons (Fsp3) is 0.857. The van der Waals surface area contributed by atoms with Gasteiger partial charge in [0.05, 0.1) is 0 Å². The Morgan fingerprint density at radius 3 is 2.60 bits per heavy atom. The third kappa shape index (κ3) is 1.29. The van der Waals surface area contributed by atoms with E-state index < -0.39 is 5.54 Å². The maximum Gasteiger partial charge on any atom is 0.239 e. The number of rotatable bonds is 1. The zero-order chi connectivity index (χ0) is 7.61. The van der Waals surface area contributed by atoms with Crippen LogP contribution in [0.15, 0.2) is 0 Å². The van der Waals surface area contributed by atoms with Gasteiger partial charge >= 0.3 is 0 Å². The summed E-state index contributed by atoms with van der Waals surface area (Å²) in [6.07, 6.45) is 2.99. The molecule has 57 valence electrons. The van der Waals surface area contributed by atoms with E-state index in [0.29, 0.717) is 0 Å². The normalized spacial score (nSPS) is 33.7. The van der Waals surface area contributed by atoms with Crippen LogP contribution in [0.2, 0.25) is 0 Å². The summed E-state index contributed by atoms with van der Waals surface area (Å²) < 4.78 is 0.